The number of esters is 1. The highest BCUT2D eigenvalue weighted by Crippen LogP contribution is 2.34. The molecule has 13 heteroatoms. The van der Waals surface area contributed by atoms with Gasteiger partial charge in [-0.2, -0.15) is 5.26 Å². The van der Waals surface area contributed by atoms with E-state index >= 15 is 0 Å². The predicted octanol–water partition coefficient (Wildman–Crippen LogP) is 3.99. The van der Waals surface area contributed by atoms with Gasteiger partial charge in [-0.05, 0) is 24.3 Å². The number of hydrogen-bond acceptors (Lipinski definition) is 8. The third-order valence-corrected chi connectivity index (χ3v) is 4.40. The summed E-state index contributed by atoms with van der Waals surface area (Å²) in [7, 11) is 2.61. The van der Waals surface area contributed by atoms with E-state index in [1.54, 1.807) is 6.07 Å². The maximum atomic E-state index is 12.8. The van der Waals surface area contributed by atoms with E-state index in [9.17, 15) is 35.1 Å². The van der Waals surface area contributed by atoms with Gasteiger partial charge in [0.15, 0.2) is 11.3 Å². The molecule has 0 fully saturated rings. The normalized spacial score (nSPS) is 11.1. The molecular weight excluding hydrogens is 467 g/mol. The Balaban J connectivity index is 2.77. The summed E-state index contributed by atoms with van der Waals surface area (Å²) in [6.45, 7) is 0. The fourth-order valence-corrected chi connectivity index (χ4v) is 2.82. The van der Waals surface area contributed by atoms with Crippen LogP contribution in [0.2, 0.25) is 10.0 Å². The molecule has 0 spiro atoms. The van der Waals surface area contributed by atoms with Crippen molar-refractivity contribution in [2.45, 2.75) is 0 Å². The van der Waals surface area contributed by atoms with Crippen LogP contribution in [0, 0.1) is 31.6 Å². The second-order valence-electron chi connectivity index (χ2n) is 6.24. The number of benzene rings is 2. The summed E-state index contributed by atoms with van der Waals surface area (Å²) < 4.78 is 5.18. The predicted molar refractivity (Wildman–Crippen MR) is 113 cm³/mol. The molecule has 0 unspecified atom stereocenters. The van der Waals surface area contributed by atoms with Gasteiger partial charge in [0.2, 0.25) is 0 Å². The van der Waals surface area contributed by atoms with Crippen LogP contribution in [-0.2, 0) is 9.53 Å². The molecule has 2 rings (SSSR count). The minimum Gasteiger partial charge on any atom is -0.420 e. The van der Waals surface area contributed by atoms with E-state index in [1.165, 1.54) is 26.2 Å². The first-order valence-electron chi connectivity index (χ1n) is 8.44. The van der Waals surface area contributed by atoms with Gasteiger partial charge in [0.05, 0.1) is 15.4 Å². The molecular formula is C19H12Cl2N4O7. The van der Waals surface area contributed by atoms with Crippen molar-refractivity contribution in [2.24, 2.45) is 0 Å². The van der Waals surface area contributed by atoms with Crippen LogP contribution >= 0.6 is 23.2 Å². The van der Waals surface area contributed by atoms with E-state index in [0.29, 0.717) is 0 Å². The molecule has 2 aromatic rings. The average Bonchev–Trinajstić information content (AvgIpc) is 2.72. The number of amides is 1. The lowest BCUT2D eigenvalue weighted by molar-refractivity contribution is -0.385. The first-order valence-corrected chi connectivity index (χ1v) is 9.20. The summed E-state index contributed by atoms with van der Waals surface area (Å²) in [6.07, 6.45) is 0. The highest BCUT2D eigenvalue weighted by atomic mass is 35.5. The molecule has 2 aromatic carbocycles. The third kappa shape index (κ3) is 5.18. The van der Waals surface area contributed by atoms with Crippen molar-refractivity contribution in [3.63, 3.8) is 0 Å². The molecule has 0 heterocycles. The molecule has 0 saturated carbocycles. The van der Waals surface area contributed by atoms with Crippen LogP contribution in [0.3, 0.4) is 0 Å². The standard InChI is InChI=1S/C19H12Cl2N4O7/c1-23(2)18(26)14(9-22)17(12-5-3-10(20)7-15(12)24(28)29)32-19(27)13-6-4-11(21)8-16(13)25(30)31/h3-8H,1-2H3. The van der Waals surface area contributed by atoms with Gasteiger partial charge in [0.1, 0.15) is 11.6 Å². The molecule has 0 aliphatic carbocycles. The molecule has 0 aliphatic rings. The molecule has 1 amide bonds. The lowest BCUT2D eigenvalue weighted by atomic mass is 10.1. The Kier molecular flexibility index (Phi) is 7.48. The number of nitro groups is 2. The smallest absolute Gasteiger partial charge is 0.350 e. The minimum absolute atomic E-state index is 0.0298. The second-order valence-corrected chi connectivity index (χ2v) is 7.12. The summed E-state index contributed by atoms with van der Waals surface area (Å²) in [5.41, 5.74) is -3.07. The van der Waals surface area contributed by atoms with Crippen LogP contribution in [0.15, 0.2) is 42.0 Å². The number of halogens is 2. The zero-order valence-electron chi connectivity index (χ0n) is 16.4. The fraction of sp³-hybridized carbons (Fsp3) is 0.105. The maximum absolute atomic E-state index is 12.8. The number of carbonyl (C=O) groups is 2. The van der Waals surface area contributed by atoms with Crippen molar-refractivity contribution in [1.29, 1.82) is 5.26 Å². The lowest BCUT2D eigenvalue weighted by Crippen LogP contribution is -2.25. The molecule has 0 bridgehead atoms. The molecule has 0 aliphatic heterocycles. The third-order valence-electron chi connectivity index (χ3n) is 3.93. The highest BCUT2D eigenvalue weighted by Gasteiger charge is 2.31. The van der Waals surface area contributed by atoms with Crippen LogP contribution in [0.5, 0.6) is 0 Å². The van der Waals surface area contributed by atoms with Crippen molar-refractivity contribution in [1.82, 2.24) is 4.90 Å². The monoisotopic (exact) mass is 478 g/mol. The lowest BCUT2D eigenvalue weighted by Gasteiger charge is -2.15. The average molecular weight is 479 g/mol. The molecule has 0 atom stereocenters. The molecule has 0 N–H and O–H groups in total. The number of nitro benzene ring substituents is 2. The molecule has 11 nitrogen and oxygen atoms in total. The van der Waals surface area contributed by atoms with Crippen LogP contribution in [0.1, 0.15) is 15.9 Å². The van der Waals surface area contributed by atoms with Crippen molar-refractivity contribution in [2.75, 3.05) is 14.1 Å². The Morgan fingerprint density at radius 3 is 1.88 bits per heavy atom. The minimum atomic E-state index is -1.34. The quantitative estimate of drug-likeness (QED) is 0.150. The SMILES string of the molecule is CN(C)C(=O)C(C#N)=C(OC(=O)c1ccc(Cl)cc1[N+](=O)[O-])c1ccc(Cl)cc1[N+](=O)[O-]. The van der Waals surface area contributed by atoms with E-state index in [0.717, 1.165) is 29.2 Å². The molecule has 32 heavy (non-hydrogen) atoms. The summed E-state index contributed by atoms with van der Waals surface area (Å²) >= 11 is 11.5. The van der Waals surface area contributed by atoms with Gasteiger partial charge in [-0.3, -0.25) is 25.0 Å². The number of rotatable bonds is 6. The van der Waals surface area contributed by atoms with Crippen LogP contribution in [-0.4, -0.2) is 40.7 Å². The second kappa shape index (κ2) is 9.86. The zero-order valence-corrected chi connectivity index (χ0v) is 17.9. The Labute approximate surface area is 190 Å². The van der Waals surface area contributed by atoms with E-state index in [1.807, 2.05) is 0 Å². The van der Waals surface area contributed by atoms with Gasteiger partial charge in [-0.25, -0.2) is 4.79 Å². The number of nitriles is 1. The van der Waals surface area contributed by atoms with Gasteiger partial charge < -0.3 is 9.64 Å². The molecule has 0 saturated heterocycles. The van der Waals surface area contributed by atoms with E-state index in [-0.39, 0.29) is 10.0 Å². The Hall–Kier alpha value is -4.01. The van der Waals surface area contributed by atoms with E-state index in [4.69, 9.17) is 27.9 Å². The number of hydrogen-bond donors (Lipinski definition) is 0. The highest BCUT2D eigenvalue weighted by molar-refractivity contribution is 6.31. The number of likely N-dealkylation sites (N-methyl/N-ethyl adjacent to an activating group) is 1. The van der Waals surface area contributed by atoms with Crippen molar-refractivity contribution >= 4 is 52.2 Å². The van der Waals surface area contributed by atoms with E-state index in [2.05, 4.69) is 0 Å². The number of carbonyl (C=O) groups excluding carboxylic acids is 2. The molecule has 0 aromatic heterocycles. The number of nitrogens with zero attached hydrogens (tertiary/aromatic N) is 4. The first kappa shape index (κ1) is 24.3. The fourth-order valence-electron chi connectivity index (χ4n) is 2.48. The zero-order chi connectivity index (χ0) is 24.2. The Bertz CT molecular complexity index is 1220. The topological polar surface area (TPSA) is 157 Å². The Morgan fingerprint density at radius 2 is 1.44 bits per heavy atom. The summed E-state index contributed by atoms with van der Waals surface area (Å²) in [4.78, 5) is 47.4. The summed E-state index contributed by atoms with van der Waals surface area (Å²) in [5.74, 6) is -3.03. The van der Waals surface area contributed by atoms with Crippen LogP contribution in [0.4, 0.5) is 11.4 Å². The summed E-state index contributed by atoms with van der Waals surface area (Å²) in [5, 5.41) is 32.3. The van der Waals surface area contributed by atoms with Crippen molar-refractivity contribution < 1.29 is 24.2 Å². The van der Waals surface area contributed by atoms with Crippen LogP contribution in [0.25, 0.3) is 5.76 Å². The van der Waals surface area contributed by atoms with Crippen molar-refractivity contribution in [3.8, 4) is 6.07 Å². The maximum Gasteiger partial charge on any atom is 0.350 e. The number of ether oxygens (including phenoxy) is 1. The van der Waals surface area contributed by atoms with Gasteiger partial charge >= 0.3 is 5.97 Å². The molecule has 0 radical (unpaired) electrons. The van der Waals surface area contributed by atoms with Crippen LogP contribution < -0.4 is 0 Å². The first-order chi connectivity index (χ1) is 15.0. The van der Waals surface area contributed by atoms with Crippen molar-refractivity contribution in [3.05, 3.63) is 83.4 Å². The summed E-state index contributed by atoms with van der Waals surface area (Å²) in [6, 6.07) is 7.91. The van der Waals surface area contributed by atoms with E-state index < -0.39 is 55.6 Å². The van der Waals surface area contributed by atoms with Gasteiger partial charge in [0, 0.05) is 36.3 Å². The van der Waals surface area contributed by atoms with Gasteiger partial charge in [-0.1, -0.05) is 23.2 Å². The molecule has 164 valence electrons. The van der Waals surface area contributed by atoms with Gasteiger partial charge in [-0.15, -0.1) is 0 Å². The Morgan fingerprint density at radius 1 is 0.969 bits per heavy atom. The largest absolute Gasteiger partial charge is 0.420 e. The van der Waals surface area contributed by atoms with Gasteiger partial charge in [0.25, 0.3) is 17.3 Å².